The summed E-state index contributed by atoms with van der Waals surface area (Å²) < 4.78 is 0. The average Bonchev–Trinajstić information content (AvgIpc) is 2.80. The number of fused-ring (bicyclic) bond motifs is 1. The van der Waals surface area contributed by atoms with Gasteiger partial charge in [0.15, 0.2) is 0 Å². The Morgan fingerprint density at radius 1 is 1.21 bits per heavy atom. The Labute approximate surface area is 115 Å². The second-order valence-corrected chi connectivity index (χ2v) is 5.45. The van der Waals surface area contributed by atoms with Gasteiger partial charge in [0.2, 0.25) is 5.91 Å². The van der Waals surface area contributed by atoms with E-state index in [1.807, 2.05) is 12.1 Å². The lowest BCUT2D eigenvalue weighted by Gasteiger charge is -2.27. The van der Waals surface area contributed by atoms with E-state index in [0.717, 1.165) is 25.9 Å². The summed E-state index contributed by atoms with van der Waals surface area (Å²) >= 11 is 0. The standard InChI is InChI=1S/C16H24N2O/c1-3-7-18(8-4-2)15-10-12-5-6-13(16(17)19)9-14(12)11-15/h5-6,9,15H,3-4,7-8,10-11H2,1-2H3,(H2,17,19). The van der Waals surface area contributed by atoms with Gasteiger partial charge in [0.25, 0.3) is 0 Å². The lowest BCUT2D eigenvalue weighted by atomic mass is 10.1. The average molecular weight is 260 g/mol. The van der Waals surface area contributed by atoms with Crippen LogP contribution in [0.3, 0.4) is 0 Å². The third-order valence-electron chi connectivity index (χ3n) is 3.94. The van der Waals surface area contributed by atoms with Gasteiger partial charge in [0.05, 0.1) is 0 Å². The van der Waals surface area contributed by atoms with Gasteiger partial charge in [0, 0.05) is 11.6 Å². The molecule has 0 saturated carbocycles. The van der Waals surface area contributed by atoms with E-state index in [9.17, 15) is 4.79 Å². The Morgan fingerprint density at radius 3 is 2.42 bits per heavy atom. The highest BCUT2D eigenvalue weighted by Gasteiger charge is 2.26. The Morgan fingerprint density at radius 2 is 1.84 bits per heavy atom. The number of hydrogen-bond donors (Lipinski definition) is 1. The van der Waals surface area contributed by atoms with E-state index < -0.39 is 0 Å². The molecule has 3 heteroatoms. The summed E-state index contributed by atoms with van der Waals surface area (Å²) in [5.41, 5.74) is 8.67. The van der Waals surface area contributed by atoms with Crippen molar-refractivity contribution in [1.29, 1.82) is 0 Å². The monoisotopic (exact) mass is 260 g/mol. The van der Waals surface area contributed by atoms with E-state index >= 15 is 0 Å². The van der Waals surface area contributed by atoms with Crippen molar-refractivity contribution in [2.24, 2.45) is 5.73 Å². The van der Waals surface area contributed by atoms with Crippen molar-refractivity contribution in [3.05, 3.63) is 34.9 Å². The minimum absolute atomic E-state index is 0.328. The van der Waals surface area contributed by atoms with E-state index in [1.165, 1.54) is 24.0 Å². The Bertz CT molecular complexity index is 450. The molecule has 0 spiro atoms. The fourth-order valence-electron chi connectivity index (χ4n) is 3.06. The molecule has 1 aromatic rings. The van der Waals surface area contributed by atoms with Crippen LogP contribution in [0.15, 0.2) is 18.2 Å². The molecule has 1 unspecified atom stereocenters. The quantitative estimate of drug-likeness (QED) is 0.853. The van der Waals surface area contributed by atoms with Crippen molar-refractivity contribution < 1.29 is 4.79 Å². The zero-order valence-corrected chi connectivity index (χ0v) is 12.0. The smallest absolute Gasteiger partial charge is 0.248 e. The molecule has 2 rings (SSSR count). The number of carbonyl (C=O) groups excluding carboxylic acids is 1. The summed E-state index contributed by atoms with van der Waals surface area (Å²) in [6.45, 7) is 6.79. The van der Waals surface area contributed by atoms with Crippen molar-refractivity contribution in [2.45, 2.75) is 45.6 Å². The molecule has 0 bridgehead atoms. The molecule has 0 aliphatic heterocycles. The molecule has 0 saturated heterocycles. The van der Waals surface area contributed by atoms with Crippen LogP contribution >= 0.6 is 0 Å². The number of amides is 1. The van der Waals surface area contributed by atoms with E-state index in [-0.39, 0.29) is 5.91 Å². The summed E-state index contributed by atoms with van der Waals surface area (Å²) in [6, 6.07) is 6.50. The Kier molecular flexibility index (Phi) is 4.59. The molecular weight excluding hydrogens is 236 g/mol. The molecule has 3 nitrogen and oxygen atoms in total. The van der Waals surface area contributed by atoms with Gasteiger partial charge >= 0.3 is 0 Å². The molecule has 0 fully saturated rings. The fraction of sp³-hybridized carbons (Fsp3) is 0.562. The molecule has 1 aromatic carbocycles. The predicted molar refractivity (Wildman–Crippen MR) is 78.3 cm³/mol. The highest BCUT2D eigenvalue weighted by Crippen LogP contribution is 2.27. The molecule has 2 N–H and O–H groups in total. The van der Waals surface area contributed by atoms with Gasteiger partial charge in [-0.2, -0.15) is 0 Å². The Balaban J connectivity index is 2.12. The van der Waals surface area contributed by atoms with Crippen molar-refractivity contribution in [3.8, 4) is 0 Å². The molecule has 104 valence electrons. The van der Waals surface area contributed by atoms with Crippen LogP contribution < -0.4 is 5.73 Å². The number of nitrogens with zero attached hydrogens (tertiary/aromatic N) is 1. The van der Waals surface area contributed by atoms with Crippen molar-refractivity contribution in [1.82, 2.24) is 4.90 Å². The molecule has 19 heavy (non-hydrogen) atoms. The van der Waals surface area contributed by atoms with E-state index in [2.05, 4.69) is 24.8 Å². The van der Waals surface area contributed by atoms with Crippen LogP contribution in [0.25, 0.3) is 0 Å². The zero-order valence-electron chi connectivity index (χ0n) is 12.0. The van der Waals surface area contributed by atoms with Crippen LogP contribution in [-0.2, 0) is 12.8 Å². The minimum Gasteiger partial charge on any atom is -0.366 e. The van der Waals surface area contributed by atoms with E-state index in [1.54, 1.807) is 0 Å². The summed E-state index contributed by atoms with van der Waals surface area (Å²) in [4.78, 5) is 13.8. The second kappa shape index (κ2) is 6.20. The van der Waals surface area contributed by atoms with Crippen molar-refractivity contribution >= 4 is 5.91 Å². The lowest BCUT2D eigenvalue weighted by molar-refractivity contribution is 0.1000. The number of benzene rings is 1. The summed E-state index contributed by atoms with van der Waals surface area (Å²) in [5.74, 6) is -0.328. The zero-order chi connectivity index (χ0) is 13.8. The van der Waals surface area contributed by atoms with Crippen LogP contribution in [0, 0.1) is 0 Å². The molecule has 0 heterocycles. The number of nitrogens with two attached hydrogens (primary N) is 1. The molecule has 0 radical (unpaired) electrons. The number of carbonyl (C=O) groups is 1. The first-order valence-corrected chi connectivity index (χ1v) is 7.31. The highest BCUT2D eigenvalue weighted by atomic mass is 16.1. The van der Waals surface area contributed by atoms with Gasteiger partial charge in [-0.15, -0.1) is 0 Å². The van der Waals surface area contributed by atoms with Gasteiger partial charge in [-0.25, -0.2) is 0 Å². The van der Waals surface area contributed by atoms with Crippen LogP contribution in [0.1, 0.15) is 48.2 Å². The maximum absolute atomic E-state index is 11.2. The van der Waals surface area contributed by atoms with Crippen LogP contribution in [0.2, 0.25) is 0 Å². The SMILES string of the molecule is CCCN(CCC)C1Cc2ccc(C(N)=O)cc2C1. The van der Waals surface area contributed by atoms with Crippen LogP contribution in [0.4, 0.5) is 0 Å². The fourth-order valence-corrected chi connectivity index (χ4v) is 3.06. The van der Waals surface area contributed by atoms with E-state index in [0.29, 0.717) is 11.6 Å². The maximum Gasteiger partial charge on any atom is 0.248 e. The Hall–Kier alpha value is -1.35. The molecule has 1 amide bonds. The topological polar surface area (TPSA) is 46.3 Å². The lowest BCUT2D eigenvalue weighted by Crippen LogP contribution is -2.37. The van der Waals surface area contributed by atoms with Crippen LogP contribution in [0.5, 0.6) is 0 Å². The minimum atomic E-state index is -0.328. The molecule has 0 aromatic heterocycles. The van der Waals surface area contributed by atoms with Crippen LogP contribution in [-0.4, -0.2) is 29.9 Å². The molecule has 1 atom stereocenters. The third kappa shape index (κ3) is 3.16. The first-order valence-electron chi connectivity index (χ1n) is 7.31. The molecular formula is C16H24N2O. The van der Waals surface area contributed by atoms with E-state index in [4.69, 9.17) is 5.73 Å². The van der Waals surface area contributed by atoms with Gasteiger partial charge in [-0.1, -0.05) is 19.9 Å². The number of primary amides is 1. The largest absolute Gasteiger partial charge is 0.366 e. The van der Waals surface area contributed by atoms with Crippen molar-refractivity contribution in [2.75, 3.05) is 13.1 Å². The van der Waals surface area contributed by atoms with Gasteiger partial charge in [0.1, 0.15) is 0 Å². The van der Waals surface area contributed by atoms with Gasteiger partial charge in [-0.3, -0.25) is 9.69 Å². The normalized spacial score (nSPS) is 17.7. The first kappa shape index (κ1) is 14.1. The maximum atomic E-state index is 11.2. The van der Waals surface area contributed by atoms with Gasteiger partial charge in [-0.05, 0) is 62.0 Å². The number of hydrogen-bond acceptors (Lipinski definition) is 2. The molecule has 1 aliphatic rings. The van der Waals surface area contributed by atoms with Crippen molar-refractivity contribution in [3.63, 3.8) is 0 Å². The van der Waals surface area contributed by atoms with Gasteiger partial charge < -0.3 is 5.73 Å². The number of rotatable bonds is 6. The molecule has 1 aliphatic carbocycles. The first-order chi connectivity index (χ1) is 9.15. The summed E-state index contributed by atoms with van der Waals surface area (Å²) in [6.07, 6.45) is 4.55. The second-order valence-electron chi connectivity index (χ2n) is 5.45. The highest BCUT2D eigenvalue weighted by molar-refractivity contribution is 5.93. The summed E-state index contributed by atoms with van der Waals surface area (Å²) in [7, 11) is 0. The third-order valence-corrected chi connectivity index (χ3v) is 3.94. The summed E-state index contributed by atoms with van der Waals surface area (Å²) in [5, 5.41) is 0. The predicted octanol–water partition coefficient (Wildman–Crippen LogP) is 2.37.